The number of hydrogen-bond acceptors (Lipinski definition) is 3. The second-order valence-electron chi connectivity index (χ2n) is 4.34. The van der Waals surface area contributed by atoms with Gasteiger partial charge in [-0.3, -0.25) is 4.79 Å². The zero-order chi connectivity index (χ0) is 13.4. The molecule has 0 bridgehead atoms. The van der Waals surface area contributed by atoms with Gasteiger partial charge in [0.25, 0.3) is 5.91 Å². The molecule has 100 valence electrons. The lowest BCUT2D eigenvalue weighted by atomic mass is 10.1. The number of carbonyl (C=O) groups is 1. The predicted molar refractivity (Wildman–Crippen MR) is 79.1 cm³/mol. The number of hydrogen-bond donors (Lipinski definition) is 2. The van der Waals surface area contributed by atoms with Crippen molar-refractivity contribution in [3.63, 3.8) is 0 Å². The number of carbonyl (C=O) groups excluding carboxylic acids is 1. The van der Waals surface area contributed by atoms with Crippen LogP contribution in [0.5, 0.6) is 0 Å². The Labute approximate surface area is 114 Å². The molecule has 0 aliphatic heterocycles. The summed E-state index contributed by atoms with van der Waals surface area (Å²) in [5.74, 6) is 1.15. The molecule has 0 heterocycles. The molecule has 1 unspecified atom stereocenters. The summed E-state index contributed by atoms with van der Waals surface area (Å²) >= 11 is 1.87. The highest BCUT2D eigenvalue weighted by Gasteiger charge is 2.03. The fourth-order valence-corrected chi connectivity index (χ4v) is 2.20. The van der Waals surface area contributed by atoms with E-state index in [0.29, 0.717) is 11.6 Å². The maximum absolute atomic E-state index is 11.4. The van der Waals surface area contributed by atoms with E-state index in [9.17, 15) is 4.79 Å². The van der Waals surface area contributed by atoms with Crippen LogP contribution in [0.3, 0.4) is 0 Å². The summed E-state index contributed by atoms with van der Waals surface area (Å²) in [6.07, 6.45) is 3.31. The number of amides is 1. The van der Waals surface area contributed by atoms with Gasteiger partial charge in [-0.25, -0.2) is 0 Å². The molecule has 4 heteroatoms. The van der Waals surface area contributed by atoms with Crippen molar-refractivity contribution >= 4 is 17.7 Å². The van der Waals surface area contributed by atoms with E-state index in [0.717, 1.165) is 6.54 Å². The molecule has 1 atom stereocenters. The van der Waals surface area contributed by atoms with Crippen LogP contribution in [-0.4, -0.2) is 31.0 Å². The summed E-state index contributed by atoms with van der Waals surface area (Å²) in [4.78, 5) is 11.4. The Bertz CT molecular complexity index is 365. The third-order valence-corrected chi connectivity index (χ3v) is 3.50. The van der Waals surface area contributed by atoms with E-state index < -0.39 is 0 Å². The summed E-state index contributed by atoms with van der Waals surface area (Å²) in [5, 5.41) is 6.10. The third kappa shape index (κ3) is 5.10. The number of nitrogens with one attached hydrogen (secondary N) is 2. The van der Waals surface area contributed by atoms with Gasteiger partial charge < -0.3 is 10.6 Å². The Morgan fingerprint density at radius 3 is 2.56 bits per heavy atom. The number of benzene rings is 1. The highest BCUT2D eigenvalue weighted by atomic mass is 32.2. The van der Waals surface area contributed by atoms with Crippen molar-refractivity contribution in [2.24, 2.45) is 0 Å². The molecule has 0 radical (unpaired) electrons. The standard InChI is InChI=1S/C14H22N2OS/c1-11(8-9-18-3)16-10-12-4-6-13(7-5-12)14(17)15-2/h4-7,11,16H,8-10H2,1-3H3,(H,15,17). The van der Waals surface area contributed by atoms with Crippen molar-refractivity contribution in [2.75, 3.05) is 19.1 Å². The first kappa shape index (κ1) is 15.1. The van der Waals surface area contributed by atoms with Crippen molar-refractivity contribution in [3.8, 4) is 0 Å². The van der Waals surface area contributed by atoms with Crippen LogP contribution in [0.4, 0.5) is 0 Å². The van der Waals surface area contributed by atoms with Crippen LogP contribution in [0.25, 0.3) is 0 Å². The SMILES string of the molecule is CNC(=O)c1ccc(CNC(C)CCSC)cc1. The monoisotopic (exact) mass is 266 g/mol. The average Bonchev–Trinajstić information content (AvgIpc) is 2.42. The summed E-state index contributed by atoms with van der Waals surface area (Å²) in [7, 11) is 1.64. The van der Waals surface area contributed by atoms with E-state index in [1.807, 2.05) is 36.0 Å². The Morgan fingerprint density at radius 2 is 2.00 bits per heavy atom. The molecular weight excluding hydrogens is 244 g/mol. The van der Waals surface area contributed by atoms with Crippen LogP contribution in [-0.2, 0) is 6.54 Å². The molecule has 2 N–H and O–H groups in total. The van der Waals surface area contributed by atoms with Crippen LogP contribution in [0.15, 0.2) is 24.3 Å². The Balaban J connectivity index is 2.41. The molecule has 0 aliphatic carbocycles. The van der Waals surface area contributed by atoms with Crippen molar-refractivity contribution in [3.05, 3.63) is 35.4 Å². The maximum atomic E-state index is 11.4. The quantitative estimate of drug-likeness (QED) is 0.795. The second-order valence-corrected chi connectivity index (χ2v) is 5.33. The second kappa shape index (κ2) is 8.16. The first-order chi connectivity index (χ1) is 8.67. The van der Waals surface area contributed by atoms with Crippen LogP contribution >= 0.6 is 11.8 Å². The molecule has 3 nitrogen and oxygen atoms in total. The summed E-state index contributed by atoms with van der Waals surface area (Å²) in [6, 6.07) is 8.25. The molecule has 0 saturated heterocycles. The lowest BCUT2D eigenvalue weighted by molar-refractivity contribution is 0.0963. The van der Waals surface area contributed by atoms with Crippen molar-refractivity contribution in [1.82, 2.24) is 10.6 Å². The minimum absolute atomic E-state index is 0.0390. The Kier molecular flexibility index (Phi) is 6.83. The summed E-state index contributed by atoms with van der Waals surface area (Å²) < 4.78 is 0. The minimum Gasteiger partial charge on any atom is -0.355 e. The zero-order valence-electron chi connectivity index (χ0n) is 11.3. The molecule has 0 spiro atoms. The van der Waals surface area contributed by atoms with Crippen LogP contribution in [0.1, 0.15) is 29.3 Å². The van der Waals surface area contributed by atoms with E-state index in [2.05, 4.69) is 23.8 Å². The first-order valence-corrected chi connectivity index (χ1v) is 7.60. The molecule has 0 fully saturated rings. The normalized spacial score (nSPS) is 12.2. The van der Waals surface area contributed by atoms with E-state index in [4.69, 9.17) is 0 Å². The average molecular weight is 266 g/mol. The predicted octanol–water partition coefficient (Wildman–Crippen LogP) is 2.28. The smallest absolute Gasteiger partial charge is 0.251 e. The van der Waals surface area contributed by atoms with Crippen molar-refractivity contribution in [1.29, 1.82) is 0 Å². The van der Waals surface area contributed by atoms with Gasteiger partial charge in [0.15, 0.2) is 0 Å². The van der Waals surface area contributed by atoms with Gasteiger partial charge in [-0.1, -0.05) is 12.1 Å². The van der Waals surface area contributed by atoms with Crippen LogP contribution < -0.4 is 10.6 Å². The fraction of sp³-hybridized carbons (Fsp3) is 0.500. The van der Waals surface area contributed by atoms with Gasteiger partial charge in [0.2, 0.25) is 0 Å². The Morgan fingerprint density at radius 1 is 1.33 bits per heavy atom. The first-order valence-electron chi connectivity index (χ1n) is 6.20. The van der Waals surface area contributed by atoms with E-state index in [1.165, 1.54) is 17.7 Å². The van der Waals surface area contributed by atoms with Gasteiger partial charge >= 0.3 is 0 Å². The van der Waals surface area contributed by atoms with E-state index >= 15 is 0 Å². The minimum atomic E-state index is -0.0390. The largest absolute Gasteiger partial charge is 0.355 e. The summed E-state index contributed by atoms with van der Waals surface area (Å²) in [6.45, 7) is 3.05. The molecule has 18 heavy (non-hydrogen) atoms. The van der Waals surface area contributed by atoms with Gasteiger partial charge in [0, 0.05) is 25.2 Å². The van der Waals surface area contributed by atoms with Crippen LogP contribution in [0, 0.1) is 0 Å². The molecule has 1 rings (SSSR count). The van der Waals surface area contributed by atoms with Gasteiger partial charge in [-0.05, 0) is 43.0 Å². The van der Waals surface area contributed by atoms with Crippen molar-refractivity contribution < 1.29 is 4.79 Å². The highest BCUT2D eigenvalue weighted by molar-refractivity contribution is 7.98. The maximum Gasteiger partial charge on any atom is 0.251 e. The third-order valence-electron chi connectivity index (χ3n) is 2.85. The molecule has 0 aliphatic rings. The molecule has 0 saturated carbocycles. The van der Waals surface area contributed by atoms with Gasteiger partial charge in [0.05, 0.1) is 0 Å². The topological polar surface area (TPSA) is 41.1 Å². The molecular formula is C14H22N2OS. The zero-order valence-corrected chi connectivity index (χ0v) is 12.1. The molecule has 1 aromatic carbocycles. The number of thioether (sulfide) groups is 1. The van der Waals surface area contributed by atoms with Crippen LogP contribution in [0.2, 0.25) is 0 Å². The highest BCUT2D eigenvalue weighted by Crippen LogP contribution is 2.06. The van der Waals surface area contributed by atoms with Gasteiger partial charge in [-0.2, -0.15) is 11.8 Å². The lowest BCUT2D eigenvalue weighted by Crippen LogP contribution is -2.26. The molecule has 0 aromatic heterocycles. The van der Waals surface area contributed by atoms with Gasteiger partial charge in [-0.15, -0.1) is 0 Å². The van der Waals surface area contributed by atoms with Crippen molar-refractivity contribution in [2.45, 2.75) is 25.9 Å². The summed E-state index contributed by atoms with van der Waals surface area (Å²) in [5.41, 5.74) is 1.91. The van der Waals surface area contributed by atoms with E-state index in [1.54, 1.807) is 7.05 Å². The van der Waals surface area contributed by atoms with Gasteiger partial charge in [0.1, 0.15) is 0 Å². The lowest BCUT2D eigenvalue weighted by Gasteiger charge is -2.13. The molecule has 1 amide bonds. The Hall–Kier alpha value is -1.00. The van der Waals surface area contributed by atoms with E-state index in [-0.39, 0.29) is 5.91 Å². The molecule has 1 aromatic rings. The number of rotatable bonds is 7. The fourth-order valence-electron chi connectivity index (χ4n) is 1.61.